The molecule has 0 atom stereocenters. The second-order valence-corrected chi connectivity index (χ2v) is 7.83. The van der Waals surface area contributed by atoms with E-state index in [0.717, 1.165) is 0 Å². The van der Waals surface area contributed by atoms with Gasteiger partial charge in [-0.2, -0.15) is 0 Å². The van der Waals surface area contributed by atoms with Crippen LogP contribution in [0.25, 0.3) is 0 Å². The van der Waals surface area contributed by atoms with Gasteiger partial charge < -0.3 is 14.8 Å². The number of hydrogen-bond acceptors (Lipinski definition) is 6. The molecule has 0 radical (unpaired) electrons. The lowest BCUT2D eigenvalue weighted by atomic mass is 10.2. The first-order valence-corrected chi connectivity index (χ1v) is 8.31. The Kier molecular flexibility index (Phi) is 7.19. The van der Waals surface area contributed by atoms with Crippen molar-refractivity contribution in [2.75, 3.05) is 11.9 Å². The Morgan fingerprint density at radius 2 is 1.68 bits per heavy atom. The van der Waals surface area contributed by atoms with Crippen molar-refractivity contribution >= 4 is 29.4 Å². The van der Waals surface area contributed by atoms with Crippen molar-refractivity contribution < 1.29 is 19.1 Å². The van der Waals surface area contributed by atoms with E-state index < -0.39 is 17.3 Å². The molecule has 1 amide bonds. The van der Waals surface area contributed by atoms with Crippen LogP contribution in [0.4, 0.5) is 10.5 Å². The number of carbonyl (C=O) groups is 2. The summed E-state index contributed by atoms with van der Waals surface area (Å²) in [7, 11) is 0. The summed E-state index contributed by atoms with van der Waals surface area (Å²) in [4.78, 5) is 27.8. The minimum absolute atomic E-state index is 0.0113. The normalized spacial score (nSPS) is 11.8. The Bertz CT molecular complexity index is 621. The lowest BCUT2D eigenvalue weighted by Crippen LogP contribution is -2.32. The highest BCUT2D eigenvalue weighted by molar-refractivity contribution is 6.29. The molecule has 0 bridgehead atoms. The van der Waals surface area contributed by atoms with Gasteiger partial charge in [0.15, 0.2) is 0 Å². The number of halogens is 1. The summed E-state index contributed by atoms with van der Waals surface area (Å²) >= 11 is 5.91. The average molecular weight is 372 g/mol. The quantitative estimate of drug-likeness (QED) is 0.608. The van der Waals surface area contributed by atoms with E-state index in [2.05, 4.69) is 15.6 Å². The van der Waals surface area contributed by atoms with Gasteiger partial charge in [-0.1, -0.05) is 11.6 Å². The lowest BCUT2D eigenvalue weighted by Gasteiger charge is -2.21. The molecule has 7 nitrogen and oxygen atoms in total. The maximum Gasteiger partial charge on any atom is 0.412 e. The van der Waals surface area contributed by atoms with Crippen molar-refractivity contribution in [3.05, 3.63) is 23.0 Å². The summed E-state index contributed by atoms with van der Waals surface area (Å²) in [6.45, 7) is 11.0. The average Bonchev–Trinajstić information content (AvgIpc) is 2.37. The minimum atomic E-state index is -0.612. The van der Waals surface area contributed by atoms with Gasteiger partial charge in [-0.15, -0.1) is 0 Å². The predicted octanol–water partition coefficient (Wildman–Crippen LogP) is 3.51. The van der Waals surface area contributed by atoms with Gasteiger partial charge in [-0.3, -0.25) is 10.1 Å². The Balaban J connectivity index is 2.68. The molecule has 0 saturated carbocycles. The Morgan fingerprint density at radius 1 is 1.08 bits per heavy atom. The molecule has 0 saturated heterocycles. The molecular formula is C17H26ClN3O4. The molecule has 1 rings (SSSR count). The van der Waals surface area contributed by atoms with Gasteiger partial charge in [0.2, 0.25) is 0 Å². The second kappa shape index (κ2) is 8.49. The maximum atomic E-state index is 11.9. The zero-order chi connectivity index (χ0) is 19.3. The van der Waals surface area contributed by atoms with Crippen LogP contribution in [0.2, 0.25) is 5.15 Å². The Morgan fingerprint density at radius 3 is 2.24 bits per heavy atom. The third-order valence-corrected chi connectivity index (χ3v) is 2.77. The van der Waals surface area contributed by atoms with E-state index in [9.17, 15) is 9.59 Å². The Labute approximate surface area is 153 Å². The smallest absolute Gasteiger partial charge is 0.412 e. The molecule has 0 aliphatic carbocycles. The molecule has 1 aromatic rings. The van der Waals surface area contributed by atoms with Crippen LogP contribution in [0.5, 0.6) is 0 Å². The summed E-state index contributed by atoms with van der Waals surface area (Å²) < 4.78 is 10.4. The fraction of sp³-hybridized carbons (Fsp3) is 0.588. The minimum Gasteiger partial charge on any atom is -0.459 e. The molecule has 25 heavy (non-hydrogen) atoms. The van der Waals surface area contributed by atoms with Crippen LogP contribution in [0, 0.1) is 0 Å². The summed E-state index contributed by atoms with van der Waals surface area (Å²) in [5.41, 5.74) is -0.215. The second-order valence-electron chi connectivity index (χ2n) is 7.45. The number of esters is 1. The highest BCUT2D eigenvalue weighted by atomic mass is 35.5. The first-order chi connectivity index (χ1) is 11.4. The molecule has 0 aliphatic heterocycles. The van der Waals surface area contributed by atoms with Crippen molar-refractivity contribution in [1.82, 2.24) is 10.3 Å². The van der Waals surface area contributed by atoms with Crippen LogP contribution in [-0.4, -0.2) is 34.8 Å². The van der Waals surface area contributed by atoms with Crippen LogP contribution in [-0.2, 0) is 20.8 Å². The molecular weight excluding hydrogens is 346 g/mol. The van der Waals surface area contributed by atoms with Gasteiger partial charge in [0.05, 0.1) is 17.9 Å². The highest BCUT2D eigenvalue weighted by Crippen LogP contribution is 2.18. The zero-order valence-corrected chi connectivity index (χ0v) is 16.3. The maximum absolute atomic E-state index is 11.9. The number of aromatic nitrogens is 1. The number of pyridine rings is 1. The molecule has 2 N–H and O–H groups in total. The molecule has 140 valence electrons. The van der Waals surface area contributed by atoms with Crippen molar-refractivity contribution in [3.63, 3.8) is 0 Å². The number of amides is 1. The molecule has 8 heteroatoms. The molecule has 1 heterocycles. The van der Waals surface area contributed by atoms with E-state index in [4.69, 9.17) is 21.1 Å². The van der Waals surface area contributed by atoms with Crippen LogP contribution in [0.3, 0.4) is 0 Å². The standard InChI is InChI=1S/C17H26ClN3O4/c1-16(2,3)24-14(22)10-19-9-12-11(7-8-13(18)20-12)21-15(23)25-17(4,5)6/h7-8,19H,9-10H2,1-6H3,(H,21,23). The largest absolute Gasteiger partial charge is 0.459 e. The first kappa shape index (κ1) is 21.2. The first-order valence-electron chi connectivity index (χ1n) is 7.94. The molecule has 0 spiro atoms. The fourth-order valence-electron chi connectivity index (χ4n) is 1.80. The van der Waals surface area contributed by atoms with Crippen molar-refractivity contribution in [2.45, 2.75) is 59.3 Å². The van der Waals surface area contributed by atoms with Gasteiger partial charge in [-0.25, -0.2) is 9.78 Å². The third-order valence-electron chi connectivity index (χ3n) is 2.56. The topological polar surface area (TPSA) is 89.5 Å². The predicted molar refractivity (Wildman–Crippen MR) is 96.7 cm³/mol. The molecule has 1 aromatic heterocycles. The Hall–Kier alpha value is -1.86. The van der Waals surface area contributed by atoms with Crippen LogP contribution < -0.4 is 10.6 Å². The highest BCUT2D eigenvalue weighted by Gasteiger charge is 2.18. The number of anilines is 1. The SMILES string of the molecule is CC(C)(C)OC(=O)CNCc1nc(Cl)ccc1NC(=O)OC(C)(C)C. The number of hydrogen-bond donors (Lipinski definition) is 2. The van der Waals surface area contributed by atoms with Crippen molar-refractivity contribution in [3.8, 4) is 0 Å². The van der Waals surface area contributed by atoms with E-state index >= 15 is 0 Å². The van der Waals surface area contributed by atoms with E-state index in [1.165, 1.54) is 0 Å². The number of nitrogens with zero attached hydrogens (tertiary/aromatic N) is 1. The lowest BCUT2D eigenvalue weighted by molar-refractivity contribution is -0.153. The summed E-state index contributed by atoms with van der Waals surface area (Å²) in [5, 5.41) is 5.84. The number of rotatable bonds is 5. The van der Waals surface area contributed by atoms with Gasteiger partial charge in [0, 0.05) is 6.54 Å². The molecule has 0 aromatic carbocycles. The van der Waals surface area contributed by atoms with Gasteiger partial charge >= 0.3 is 12.1 Å². The number of nitrogens with one attached hydrogen (secondary N) is 2. The van der Waals surface area contributed by atoms with Crippen molar-refractivity contribution in [1.29, 1.82) is 0 Å². The summed E-state index contributed by atoms with van der Waals surface area (Å²) in [5.74, 6) is -0.379. The number of ether oxygens (including phenoxy) is 2. The van der Waals surface area contributed by atoms with Gasteiger partial charge in [0.25, 0.3) is 0 Å². The van der Waals surface area contributed by atoms with E-state index in [-0.39, 0.29) is 24.2 Å². The van der Waals surface area contributed by atoms with Gasteiger partial charge in [-0.05, 0) is 53.7 Å². The van der Waals surface area contributed by atoms with Crippen LogP contribution >= 0.6 is 11.6 Å². The fourth-order valence-corrected chi connectivity index (χ4v) is 1.96. The van der Waals surface area contributed by atoms with E-state index in [1.807, 2.05) is 0 Å². The molecule has 0 fully saturated rings. The van der Waals surface area contributed by atoms with E-state index in [1.54, 1.807) is 53.7 Å². The summed E-state index contributed by atoms with van der Waals surface area (Å²) in [6, 6.07) is 3.19. The zero-order valence-electron chi connectivity index (χ0n) is 15.5. The molecule has 0 unspecified atom stereocenters. The van der Waals surface area contributed by atoms with Crippen molar-refractivity contribution in [2.24, 2.45) is 0 Å². The van der Waals surface area contributed by atoms with Crippen LogP contribution in [0.15, 0.2) is 12.1 Å². The van der Waals surface area contributed by atoms with Crippen LogP contribution in [0.1, 0.15) is 47.2 Å². The van der Waals surface area contributed by atoms with Gasteiger partial charge in [0.1, 0.15) is 16.4 Å². The third kappa shape index (κ3) is 9.26. The molecule has 0 aliphatic rings. The monoisotopic (exact) mass is 371 g/mol. The summed E-state index contributed by atoms with van der Waals surface area (Å²) in [6.07, 6.45) is -0.593. The van der Waals surface area contributed by atoms with E-state index in [0.29, 0.717) is 11.4 Å². The number of carbonyl (C=O) groups excluding carboxylic acids is 2.